The van der Waals surface area contributed by atoms with Gasteiger partial charge < -0.3 is 10.2 Å². The van der Waals surface area contributed by atoms with E-state index in [0.29, 0.717) is 11.8 Å². The topological polar surface area (TPSA) is 57.5 Å². The second kappa shape index (κ2) is 4.47. The van der Waals surface area contributed by atoms with E-state index in [1.54, 1.807) is 0 Å². The van der Waals surface area contributed by atoms with E-state index in [1.165, 1.54) is 32.1 Å². The number of carbonyl (C=O) groups is 1. The molecular weight excluding hydrogens is 240 g/mol. The normalized spacial score (nSPS) is 43.5. The van der Waals surface area contributed by atoms with Gasteiger partial charge in [-0.2, -0.15) is 0 Å². The van der Waals surface area contributed by atoms with Crippen LogP contribution in [0.4, 0.5) is 0 Å². The molecule has 1 atom stereocenters. The van der Waals surface area contributed by atoms with E-state index in [2.05, 4.69) is 0 Å². The van der Waals surface area contributed by atoms with Gasteiger partial charge in [0.1, 0.15) is 0 Å². The van der Waals surface area contributed by atoms with Gasteiger partial charge in [-0.25, -0.2) is 0 Å². The van der Waals surface area contributed by atoms with Crippen LogP contribution in [-0.4, -0.2) is 21.8 Å². The van der Waals surface area contributed by atoms with E-state index in [4.69, 9.17) is 0 Å². The first-order valence-electron chi connectivity index (χ1n) is 7.84. The van der Waals surface area contributed by atoms with Crippen LogP contribution in [0.5, 0.6) is 0 Å². The predicted molar refractivity (Wildman–Crippen MR) is 72.6 cm³/mol. The van der Waals surface area contributed by atoms with Crippen molar-refractivity contribution >= 4 is 5.97 Å². The Balaban J connectivity index is 1.88. The molecule has 1 unspecified atom stereocenters. The minimum absolute atomic E-state index is 0.0196. The van der Waals surface area contributed by atoms with Gasteiger partial charge in [0.05, 0.1) is 12.0 Å². The maximum atomic E-state index is 11.2. The van der Waals surface area contributed by atoms with E-state index < -0.39 is 11.6 Å². The summed E-state index contributed by atoms with van der Waals surface area (Å²) in [5.41, 5.74) is -1.01. The highest BCUT2D eigenvalue weighted by molar-refractivity contribution is 5.68. The summed E-state index contributed by atoms with van der Waals surface area (Å²) in [6, 6.07) is 0. The van der Waals surface area contributed by atoms with Gasteiger partial charge in [0.15, 0.2) is 0 Å². The van der Waals surface area contributed by atoms with E-state index >= 15 is 0 Å². The molecule has 4 bridgehead atoms. The molecule has 19 heavy (non-hydrogen) atoms. The number of aliphatic carboxylic acids is 1. The molecule has 2 N–H and O–H groups in total. The van der Waals surface area contributed by atoms with Crippen LogP contribution in [0.1, 0.15) is 52.4 Å². The lowest BCUT2D eigenvalue weighted by atomic mass is 9.47. The summed E-state index contributed by atoms with van der Waals surface area (Å²) in [5.74, 6) is 2.25. The molecule has 3 nitrogen and oxygen atoms in total. The van der Waals surface area contributed by atoms with Crippen molar-refractivity contribution in [2.24, 2.45) is 35.5 Å². The van der Waals surface area contributed by atoms with Crippen molar-refractivity contribution < 1.29 is 15.0 Å². The summed E-state index contributed by atoms with van der Waals surface area (Å²) >= 11 is 0. The zero-order valence-electron chi connectivity index (χ0n) is 12.0. The van der Waals surface area contributed by atoms with Gasteiger partial charge in [-0.15, -0.1) is 0 Å². The summed E-state index contributed by atoms with van der Waals surface area (Å²) < 4.78 is 0. The van der Waals surface area contributed by atoms with Crippen LogP contribution in [0.25, 0.3) is 0 Å². The number of rotatable bonds is 4. The maximum Gasteiger partial charge on any atom is 0.306 e. The predicted octanol–water partition coefficient (Wildman–Crippen LogP) is 2.92. The standard InChI is InChI=1S/C16H26O3/c1-9(2)16(19,8-14(17)18)15-12-4-10-3-11(6-12)7-13(15)5-10/h9-13,15,19H,3-8H2,1-2H3,(H,17,18). The zero-order chi connectivity index (χ0) is 13.8. The Kier molecular flexibility index (Phi) is 3.16. The Bertz CT molecular complexity index is 348. The zero-order valence-corrected chi connectivity index (χ0v) is 12.0. The highest BCUT2D eigenvalue weighted by atomic mass is 16.4. The first-order chi connectivity index (χ1) is 8.90. The average Bonchev–Trinajstić information content (AvgIpc) is 2.25. The van der Waals surface area contributed by atoms with E-state index in [0.717, 1.165) is 11.8 Å². The molecule has 0 aromatic heterocycles. The van der Waals surface area contributed by atoms with Crippen LogP contribution >= 0.6 is 0 Å². The third kappa shape index (κ3) is 2.10. The van der Waals surface area contributed by atoms with Gasteiger partial charge >= 0.3 is 5.97 Å². The number of aliphatic hydroxyl groups is 1. The summed E-state index contributed by atoms with van der Waals surface area (Å²) in [7, 11) is 0. The smallest absolute Gasteiger partial charge is 0.306 e. The van der Waals surface area contributed by atoms with Crippen molar-refractivity contribution in [3.05, 3.63) is 0 Å². The van der Waals surface area contributed by atoms with Crippen molar-refractivity contribution in [3.63, 3.8) is 0 Å². The molecule has 0 aliphatic heterocycles. The fraction of sp³-hybridized carbons (Fsp3) is 0.938. The third-order valence-corrected chi connectivity index (χ3v) is 6.24. The van der Waals surface area contributed by atoms with E-state index in [9.17, 15) is 15.0 Å². The van der Waals surface area contributed by atoms with Gasteiger partial charge in [0.2, 0.25) is 0 Å². The van der Waals surface area contributed by atoms with Crippen molar-refractivity contribution in [1.29, 1.82) is 0 Å². The number of carboxylic acid groups (broad SMARTS) is 1. The van der Waals surface area contributed by atoms with Crippen molar-refractivity contribution in [2.45, 2.75) is 58.0 Å². The van der Waals surface area contributed by atoms with E-state index in [-0.39, 0.29) is 18.3 Å². The molecule has 4 rings (SSSR count). The van der Waals surface area contributed by atoms with Gasteiger partial charge in [-0.1, -0.05) is 13.8 Å². The van der Waals surface area contributed by atoms with Gasteiger partial charge in [0.25, 0.3) is 0 Å². The lowest BCUT2D eigenvalue weighted by Crippen LogP contribution is -2.57. The highest BCUT2D eigenvalue weighted by Gasteiger charge is 2.56. The molecule has 4 aliphatic carbocycles. The Morgan fingerprint density at radius 1 is 1.11 bits per heavy atom. The molecule has 0 spiro atoms. The minimum atomic E-state index is -1.01. The van der Waals surface area contributed by atoms with Crippen LogP contribution in [0.15, 0.2) is 0 Å². The Hall–Kier alpha value is -0.570. The summed E-state index contributed by atoms with van der Waals surface area (Å²) in [6.07, 6.45) is 6.22. The third-order valence-electron chi connectivity index (χ3n) is 6.24. The fourth-order valence-corrected chi connectivity index (χ4v) is 5.69. The SMILES string of the molecule is CC(C)C(O)(CC(=O)O)C1C2CC3CC(C2)CC1C3. The number of hydrogen-bond acceptors (Lipinski definition) is 2. The largest absolute Gasteiger partial charge is 0.481 e. The molecule has 4 aliphatic rings. The molecule has 0 saturated heterocycles. The molecule has 0 aromatic rings. The van der Waals surface area contributed by atoms with Crippen LogP contribution in [0, 0.1) is 35.5 Å². The molecule has 0 radical (unpaired) electrons. The second-order valence-corrected chi connectivity index (χ2v) is 7.67. The minimum Gasteiger partial charge on any atom is -0.481 e. The average molecular weight is 266 g/mol. The molecule has 0 heterocycles. The quantitative estimate of drug-likeness (QED) is 0.822. The van der Waals surface area contributed by atoms with Crippen LogP contribution in [0.2, 0.25) is 0 Å². The molecule has 0 aromatic carbocycles. The monoisotopic (exact) mass is 266 g/mol. The first-order valence-corrected chi connectivity index (χ1v) is 7.84. The molecular formula is C16H26O3. The molecule has 0 amide bonds. The lowest BCUT2D eigenvalue weighted by molar-refractivity contribution is -0.177. The van der Waals surface area contributed by atoms with Crippen LogP contribution < -0.4 is 0 Å². The van der Waals surface area contributed by atoms with Crippen molar-refractivity contribution in [2.75, 3.05) is 0 Å². The Morgan fingerprint density at radius 2 is 1.58 bits per heavy atom. The van der Waals surface area contributed by atoms with Gasteiger partial charge in [-0.05, 0) is 67.6 Å². The van der Waals surface area contributed by atoms with Crippen LogP contribution in [0.3, 0.4) is 0 Å². The fourth-order valence-electron chi connectivity index (χ4n) is 5.69. The maximum absolute atomic E-state index is 11.2. The van der Waals surface area contributed by atoms with Gasteiger partial charge in [-0.3, -0.25) is 4.79 Å². The lowest BCUT2D eigenvalue weighted by Gasteiger charge is -2.59. The first kappa shape index (κ1) is 13.4. The summed E-state index contributed by atoms with van der Waals surface area (Å²) in [4.78, 5) is 11.2. The molecule has 3 heteroatoms. The number of hydrogen-bond donors (Lipinski definition) is 2. The molecule has 4 fully saturated rings. The molecule has 4 saturated carbocycles. The highest BCUT2D eigenvalue weighted by Crippen LogP contribution is 2.60. The van der Waals surface area contributed by atoms with Crippen molar-refractivity contribution in [3.8, 4) is 0 Å². The summed E-state index contributed by atoms with van der Waals surface area (Å²) in [5, 5.41) is 20.3. The second-order valence-electron chi connectivity index (χ2n) is 7.67. The number of carboxylic acids is 1. The molecule has 108 valence electrons. The Morgan fingerprint density at radius 3 is 1.95 bits per heavy atom. The van der Waals surface area contributed by atoms with E-state index in [1.807, 2.05) is 13.8 Å². The van der Waals surface area contributed by atoms with Gasteiger partial charge in [0, 0.05) is 0 Å². The van der Waals surface area contributed by atoms with Crippen molar-refractivity contribution in [1.82, 2.24) is 0 Å². The Labute approximate surface area is 115 Å². The summed E-state index contributed by atoms with van der Waals surface area (Å²) in [6.45, 7) is 3.96. The van der Waals surface area contributed by atoms with Crippen LogP contribution in [-0.2, 0) is 4.79 Å².